The van der Waals surface area contributed by atoms with E-state index in [-0.39, 0.29) is 0 Å². The molecule has 11 aromatic rings. The van der Waals surface area contributed by atoms with Gasteiger partial charge in [-0.3, -0.25) is 0 Å². The van der Waals surface area contributed by atoms with Gasteiger partial charge < -0.3 is 9.13 Å². The van der Waals surface area contributed by atoms with Crippen molar-refractivity contribution in [3.8, 4) is 39.1 Å². The Hall–Kier alpha value is -7.20. The topological polar surface area (TPSA) is 9.86 Å². The molecule has 3 aromatic heterocycles. The molecule has 0 aliphatic heterocycles. The fourth-order valence-corrected chi connectivity index (χ4v) is 10.2. The third-order valence-electron chi connectivity index (χ3n) is 11.6. The van der Waals surface area contributed by atoms with Gasteiger partial charge >= 0.3 is 0 Å². The van der Waals surface area contributed by atoms with Crippen LogP contribution in [0.3, 0.4) is 0 Å². The molecular weight excluding hydrogens is 721 g/mol. The molecule has 0 aliphatic rings. The lowest BCUT2D eigenvalue weighted by atomic mass is 9.97. The zero-order valence-electron chi connectivity index (χ0n) is 32.1. The quantitative estimate of drug-likeness (QED) is 0.143. The fourth-order valence-electron chi connectivity index (χ4n) is 9.02. The summed E-state index contributed by atoms with van der Waals surface area (Å²) in [5, 5.41) is 7.57. The van der Waals surface area contributed by atoms with Crippen molar-refractivity contribution < 1.29 is 0 Å². The van der Waals surface area contributed by atoms with Crippen molar-refractivity contribution in [2.75, 3.05) is 0 Å². The number of fused-ring (bicyclic) bond motifs is 9. The monoisotopic (exact) mass is 758 g/mol. The maximum absolute atomic E-state index is 4.07. The first-order chi connectivity index (χ1) is 28.7. The van der Waals surface area contributed by atoms with Gasteiger partial charge in [0.15, 0.2) is 0 Å². The van der Waals surface area contributed by atoms with E-state index in [9.17, 15) is 0 Å². The molecule has 0 unspecified atom stereocenters. The standard InChI is InChI=1S/C55H38N2S/c1-3-13-41(14-4-2)56-51-31-26-39(34-47(51)48-35-40(27-32-52(48)56)43-19-12-22-54-55(43)45-18-9-11-21-53(45)58-54)38-25-30-50-46(33-38)44-17-8-10-20-49(44)57(50)42-28-23-37(24-29-42)36-15-6-5-7-16-36/h3-35H,1H2,2H3/b14-4-,41-13+. The van der Waals surface area contributed by atoms with Crippen molar-refractivity contribution in [1.29, 1.82) is 0 Å². The summed E-state index contributed by atoms with van der Waals surface area (Å²) < 4.78 is 7.40. The van der Waals surface area contributed by atoms with Crippen molar-refractivity contribution in [3.05, 3.63) is 207 Å². The second kappa shape index (κ2) is 13.8. The molecule has 0 radical (unpaired) electrons. The van der Waals surface area contributed by atoms with Crippen LogP contribution in [0.5, 0.6) is 0 Å². The lowest BCUT2D eigenvalue weighted by Gasteiger charge is -2.10. The Balaban J connectivity index is 1.09. The first-order valence-corrected chi connectivity index (χ1v) is 20.6. The van der Waals surface area contributed by atoms with E-state index in [1.807, 2.05) is 17.4 Å². The molecule has 2 nitrogen and oxygen atoms in total. The van der Waals surface area contributed by atoms with E-state index in [0.29, 0.717) is 0 Å². The van der Waals surface area contributed by atoms with Gasteiger partial charge in [-0.05, 0) is 119 Å². The largest absolute Gasteiger partial charge is 0.309 e. The van der Waals surface area contributed by atoms with Gasteiger partial charge in [-0.15, -0.1) is 11.3 Å². The summed E-state index contributed by atoms with van der Waals surface area (Å²) in [5.74, 6) is 0. The van der Waals surface area contributed by atoms with Crippen molar-refractivity contribution in [3.63, 3.8) is 0 Å². The molecule has 0 atom stereocenters. The summed E-state index contributed by atoms with van der Waals surface area (Å²) in [6, 6.07) is 64.7. The summed E-state index contributed by atoms with van der Waals surface area (Å²) in [6.07, 6.45) is 8.24. The number of rotatable bonds is 7. The molecule has 8 aromatic carbocycles. The highest BCUT2D eigenvalue weighted by atomic mass is 32.1. The number of nitrogens with zero attached hydrogens (tertiary/aromatic N) is 2. The highest BCUT2D eigenvalue weighted by Gasteiger charge is 2.18. The zero-order valence-corrected chi connectivity index (χ0v) is 32.9. The minimum absolute atomic E-state index is 1.08. The van der Waals surface area contributed by atoms with Crippen molar-refractivity contribution in [2.24, 2.45) is 0 Å². The second-order valence-corrected chi connectivity index (χ2v) is 16.0. The van der Waals surface area contributed by atoms with Crippen LogP contribution in [0.25, 0.3) is 109 Å². The van der Waals surface area contributed by atoms with Crippen LogP contribution in [0.1, 0.15) is 6.92 Å². The van der Waals surface area contributed by atoms with Crippen molar-refractivity contribution in [1.82, 2.24) is 9.13 Å². The predicted molar refractivity (Wildman–Crippen MR) is 252 cm³/mol. The Morgan fingerprint density at radius 3 is 1.79 bits per heavy atom. The van der Waals surface area contributed by atoms with Crippen LogP contribution >= 0.6 is 11.3 Å². The molecule has 11 rings (SSSR count). The number of allylic oxidation sites excluding steroid dienone is 5. The van der Waals surface area contributed by atoms with Gasteiger partial charge in [-0.2, -0.15) is 0 Å². The van der Waals surface area contributed by atoms with E-state index in [4.69, 9.17) is 0 Å². The Morgan fingerprint density at radius 2 is 1.05 bits per heavy atom. The maximum Gasteiger partial charge on any atom is 0.0541 e. The van der Waals surface area contributed by atoms with Crippen LogP contribution in [0, 0.1) is 0 Å². The maximum atomic E-state index is 4.07. The number of para-hydroxylation sites is 1. The Morgan fingerprint density at radius 1 is 0.483 bits per heavy atom. The van der Waals surface area contributed by atoms with Gasteiger partial charge in [0.2, 0.25) is 0 Å². The molecule has 0 saturated carbocycles. The first kappa shape index (κ1) is 34.1. The second-order valence-electron chi connectivity index (χ2n) is 14.9. The summed E-state index contributed by atoms with van der Waals surface area (Å²) >= 11 is 1.87. The normalized spacial score (nSPS) is 12.3. The minimum Gasteiger partial charge on any atom is -0.309 e. The molecule has 0 spiro atoms. The zero-order chi connectivity index (χ0) is 38.7. The fraction of sp³-hybridized carbons (Fsp3) is 0.0182. The summed E-state index contributed by atoms with van der Waals surface area (Å²) in [6.45, 7) is 6.14. The predicted octanol–water partition coefficient (Wildman–Crippen LogP) is 15.9. The molecular formula is C55H38N2S. The molecule has 0 amide bonds. The molecule has 274 valence electrons. The molecule has 0 aliphatic carbocycles. The molecule has 0 N–H and O–H groups in total. The smallest absolute Gasteiger partial charge is 0.0541 e. The van der Waals surface area contributed by atoms with Crippen LogP contribution < -0.4 is 0 Å². The van der Waals surface area contributed by atoms with Crippen LogP contribution in [-0.4, -0.2) is 9.13 Å². The van der Waals surface area contributed by atoms with E-state index < -0.39 is 0 Å². The summed E-state index contributed by atoms with van der Waals surface area (Å²) in [4.78, 5) is 0. The van der Waals surface area contributed by atoms with Crippen LogP contribution in [0.2, 0.25) is 0 Å². The Kier molecular flexibility index (Phi) is 8.09. The molecule has 58 heavy (non-hydrogen) atoms. The van der Waals surface area contributed by atoms with Crippen molar-refractivity contribution >= 4 is 80.8 Å². The van der Waals surface area contributed by atoms with E-state index in [1.54, 1.807) is 0 Å². The highest BCUT2D eigenvalue weighted by Crippen LogP contribution is 2.43. The average Bonchev–Trinajstić information content (AvgIpc) is 3.94. The van der Waals surface area contributed by atoms with E-state index in [1.165, 1.54) is 91.6 Å². The molecule has 3 heterocycles. The van der Waals surface area contributed by atoms with Crippen LogP contribution in [0.15, 0.2) is 207 Å². The number of aromatic nitrogens is 2. The van der Waals surface area contributed by atoms with E-state index >= 15 is 0 Å². The van der Waals surface area contributed by atoms with Gasteiger partial charge in [-0.1, -0.05) is 128 Å². The number of benzene rings is 8. The number of hydrogen-bond donors (Lipinski definition) is 0. The van der Waals surface area contributed by atoms with Gasteiger partial charge in [0.1, 0.15) is 0 Å². The molecule has 0 saturated heterocycles. The first-order valence-electron chi connectivity index (χ1n) is 19.8. The molecule has 0 bridgehead atoms. The Bertz CT molecular complexity index is 3460. The number of thiophene rings is 1. The van der Waals surface area contributed by atoms with E-state index in [2.05, 4.69) is 217 Å². The third kappa shape index (κ3) is 5.39. The van der Waals surface area contributed by atoms with Gasteiger partial charge in [0.05, 0.1) is 22.1 Å². The average molecular weight is 759 g/mol. The van der Waals surface area contributed by atoms with Gasteiger partial charge in [0.25, 0.3) is 0 Å². The summed E-state index contributed by atoms with van der Waals surface area (Å²) in [7, 11) is 0. The van der Waals surface area contributed by atoms with Gasteiger partial charge in [-0.25, -0.2) is 0 Å². The van der Waals surface area contributed by atoms with Crippen LogP contribution in [-0.2, 0) is 0 Å². The lowest BCUT2D eigenvalue weighted by molar-refractivity contribution is 1.18. The van der Waals surface area contributed by atoms with Crippen LogP contribution in [0.4, 0.5) is 0 Å². The van der Waals surface area contributed by atoms with E-state index in [0.717, 1.165) is 16.9 Å². The third-order valence-corrected chi connectivity index (χ3v) is 12.7. The SMILES string of the molecule is C=C/C=C(\C=C/C)n1c2ccc(-c3ccc4c(c3)c3ccccc3n4-c3ccc(-c4ccccc4)cc3)cc2c2cc(-c3cccc4sc5ccccc5c34)ccc21. The summed E-state index contributed by atoms with van der Waals surface area (Å²) in [5.41, 5.74) is 14.3. The highest BCUT2D eigenvalue weighted by molar-refractivity contribution is 7.25. The Labute approximate surface area is 341 Å². The number of hydrogen-bond acceptors (Lipinski definition) is 1. The lowest BCUT2D eigenvalue weighted by Crippen LogP contribution is -1.94. The molecule has 3 heteroatoms. The molecule has 0 fully saturated rings. The minimum atomic E-state index is 1.08. The van der Waals surface area contributed by atoms with Crippen molar-refractivity contribution in [2.45, 2.75) is 6.92 Å². The van der Waals surface area contributed by atoms with Gasteiger partial charge in [0, 0.05) is 53.1 Å².